The molecule has 9 nitrogen and oxygen atoms in total. The van der Waals surface area contributed by atoms with Gasteiger partial charge in [-0.25, -0.2) is 0 Å². The van der Waals surface area contributed by atoms with Crippen LogP contribution in [0.5, 0.6) is 0 Å². The molecular weight excluding hydrogens is 1030 g/mol. The topological polar surface area (TPSA) is 111 Å². The van der Waals surface area contributed by atoms with Gasteiger partial charge < -0.3 is 33.3 Å². The highest BCUT2D eigenvalue weighted by molar-refractivity contribution is 5.70. The predicted molar refractivity (Wildman–Crippen MR) is 352 cm³/mol. The zero-order valence-corrected chi connectivity index (χ0v) is 54.5. The Labute approximate surface area is 512 Å². The van der Waals surface area contributed by atoms with Crippen molar-refractivity contribution in [2.45, 2.75) is 309 Å². The molecule has 0 bridgehead atoms. The highest BCUT2D eigenvalue weighted by Gasteiger charge is 2.22. The van der Waals surface area contributed by atoms with E-state index >= 15 is 0 Å². The number of carboxylic acid groups (broad SMARTS) is 1. The maximum absolute atomic E-state index is 12.9. The summed E-state index contributed by atoms with van der Waals surface area (Å²) in [5.74, 6) is -2.27. The van der Waals surface area contributed by atoms with Gasteiger partial charge in [-0.05, 0) is 89.9 Å². The average molecular weight is 1160 g/mol. The first-order valence-corrected chi connectivity index (χ1v) is 34.4. The number of hydrogen-bond acceptors (Lipinski definition) is 8. The van der Waals surface area contributed by atoms with E-state index in [0.29, 0.717) is 23.9 Å². The Bertz CT molecular complexity index is 1680. The number of carbonyl (C=O) groups excluding carboxylic acids is 3. The van der Waals surface area contributed by atoms with Crippen molar-refractivity contribution < 1.29 is 42.9 Å². The first-order valence-electron chi connectivity index (χ1n) is 34.4. The Hall–Kier alpha value is -3.79. The molecular formula is C74H129NO8. The fourth-order valence-corrected chi connectivity index (χ4v) is 9.64. The first kappa shape index (κ1) is 79.2. The number of esters is 2. The monoisotopic (exact) mass is 1160 g/mol. The fraction of sp³-hybridized carbons (Fsp3) is 0.743. The molecule has 0 saturated heterocycles. The average Bonchev–Trinajstić information content (AvgIpc) is 3.47. The zero-order valence-electron chi connectivity index (χ0n) is 54.5. The van der Waals surface area contributed by atoms with Crippen LogP contribution in [0.3, 0.4) is 0 Å². The van der Waals surface area contributed by atoms with Gasteiger partial charge in [0.1, 0.15) is 13.2 Å². The van der Waals surface area contributed by atoms with Gasteiger partial charge in [0.05, 0.1) is 40.3 Å². The quantitative estimate of drug-likeness (QED) is 0.0195. The van der Waals surface area contributed by atoms with Gasteiger partial charge >= 0.3 is 11.9 Å². The van der Waals surface area contributed by atoms with Crippen LogP contribution in [-0.4, -0.2) is 82.3 Å². The van der Waals surface area contributed by atoms with Gasteiger partial charge in [0.15, 0.2) is 12.4 Å². The van der Waals surface area contributed by atoms with Crippen LogP contribution in [0.1, 0.15) is 296 Å². The van der Waals surface area contributed by atoms with E-state index in [2.05, 4.69) is 111 Å². The van der Waals surface area contributed by atoms with Crippen LogP contribution in [0.15, 0.2) is 97.2 Å². The van der Waals surface area contributed by atoms with Crippen molar-refractivity contribution in [3.63, 3.8) is 0 Å². The number of nitrogens with zero attached hydrogens (tertiary/aromatic N) is 1. The van der Waals surface area contributed by atoms with Crippen molar-refractivity contribution in [3.8, 4) is 0 Å². The standard InChI is InChI=1S/C74H129NO8/c1-6-8-10-12-14-16-18-20-22-24-26-28-30-32-34-36-38-40-42-44-46-48-50-52-54-56-58-60-62-64-71(76)81-68-70(69-82-74(73(78)79)80-67-66-75(3,4)5)83-72(77)65-63-61-59-57-55-53-51-49-47-45-43-41-39-37-35-33-31-29-27-25-23-21-19-17-15-13-11-9-7-2/h8-11,14-17,20-23,26-29,70,74H,6-7,12-13,18-19,24-25,30-69H2,1-5H3/b10-8-,11-9-,16-14-,17-15-,22-20-,23-21-,28-26-,29-27-. The van der Waals surface area contributed by atoms with Crippen molar-refractivity contribution >= 4 is 17.9 Å². The third-order valence-electron chi connectivity index (χ3n) is 14.8. The molecule has 0 aromatic carbocycles. The van der Waals surface area contributed by atoms with Gasteiger partial charge in [-0.1, -0.05) is 291 Å². The molecule has 0 aliphatic carbocycles. The summed E-state index contributed by atoms with van der Waals surface area (Å²) in [7, 11) is 5.93. The number of rotatable bonds is 63. The summed E-state index contributed by atoms with van der Waals surface area (Å²) in [6.07, 6.45) is 84.8. The van der Waals surface area contributed by atoms with Crippen LogP contribution in [-0.2, 0) is 33.3 Å². The maximum Gasteiger partial charge on any atom is 0.306 e. The molecule has 0 aliphatic rings. The van der Waals surface area contributed by atoms with Crippen molar-refractivity contribution in [3.05, 3.63) is 97.2 Å². The summed E-state index contributed by atoms with van der Waals surface area (Å²) >= 11 is 0. The summed E-state index contributed by atoms with van der Waals surface area (Å²) in [6.45, 7) is 4.56. The summed E-state index contributed by atoms with van der Waals surface area (Å²) in [4.78, 5) is 37.5. The van der Waals surface area contributed by atoms with Gasteiger partial charge in [0.25, 0.3) is 0 Å². The van der Waals surface area contributed by atoms with Gasteiger partial charge in [0, 0.05) is 12.8 Å². The fourth-order valence-electron chi connectivity index (χ4n) is 9.64. The third kappa shape index (κ3) is 65.6. The molecule has 9 heteroatoms. The molecule has 0 aromatic rings. The molecule has 2 atom stereocenters. The highest BCUT2D eigenvalue weighted by Crippen LogP contribution is 2.18. The number of carbonyl (C=O) groups is 3. The van der Waals surface area contributed by atoms with E-state index in [-0.39, 0.29) is 32.2 Å². The normalized spacial score (nSPS) is 13.3. The van der Waals surface area contributed by atoms with Crippen molar-refractivity contribution in [1.29, 1.82) is 0 Å². The number of hydrogen-bond donors (Lipinski definition) is 0. The summed E-state index contributed by atoms with van der Waals surface area (Å²) < 4.78 is 22.8. The number of quaternary nitrogens is 1. The second kappa shape index (κ2) is 64.2. The number of carboxylic acids is 1. The molecule has 2 unspecified atom stereocenters. The van der Waals surface area contributed by atoms with Crippen LogP contribution < -0.4 is 5.11 Å². The van der Waals surface area contributed by atoms with E-state index in [9.17, 15) is 19.5 Å². The minimum atomic E-state index is -1.62. The Morgan fingerprint density at radius 1 is 0.361 bits per heavy atom. The Kier molecular flexibility index (Phi) is 61.3. The molecule has 0 amide bonds. The highest BCUT2D eigenvalue weighted by atomic mass is 16.7. The molecule has 0 saturated carbocycles. The van der Waals surface area contributed by atoms with Gasteiger partial charge in [-0.15, -0.1) is 0 Å². The molecule has 0 aromatic heterocycles. The molecule has 0 N–H and O–H groups in total. The second-order valence-electron chi connectivity index (χ2n) is 24.1. The minimum absolute atomic E-state index is 0.146. The lowest BCUT2D eigenvalue weighted by atomic mass is 10.0. The van der Waals surface area contributed by atoms with E-state index in [0.717, 1.165) is 83.5 Å². The molecule has 0 spiro atoms. The Morgan fingerprint density at radius 2 is 0.651 bits per heavy atom. The van der Waals surface area contributed by atoms with Crippen LogP contribution >= 0.6 is 0 Å². The summed E-state index contributed by atoms with van der Waals surface area (Å²) in [5, 5.41) is 11.8. The second-order valence-corrected chi connectivity index (χ2v) is 24.1. The van der Waals surface area contributed by atoms with Gasteiger partial charge in [0.2, 0.25) is 0 Å². The summed E-state index contributed by atoms with van der Waals surface area (Å²) in [5.41, 5.74) is 0. The molecule has 0 heterocycles. The summed E-state index contributed by atoms with van der Waals surface area (Å²) in [6, 6.07) is 0. The number of aliphatic carboxylic acids is 1. The Morgan fingerprint density at radius 3 is 0.964 bits per heavy atom. The lowest BCUT2D eigenvalue weighted by Gasteiger charge is -2.26. The third-order valence-corrected chi connectivity index (χ3v) is 14.8. The molecule has 0 fully saturated rings. The molecule has 0 rings (SSSR count). The van der Waals surface area contributed by atoms with Crippen molar-refractivity contribution in [2.75, 3.05) is 47.5 Å². The lowest BCUT2D eigenvalue weighted by molar-refractivity contribution is -0.870. The van der Waals surface area contributed by atoms with Gasteiger partial charge in [-0.2, -0.15) is 0 Å². The van der Waals surface area contributed by atoms with Crippen LogP contribution in [0.25, 0.3) is 0 Å². The molecule has 478 valence electrons. The van der Waals surface area contributed by atoms with E-state index in [1.54, 1.807) is 0 Å². The molecule has 0 aliphatic heterocycles. The lowest BCUT2D eigenvalue weighted by Crippen LogP contribution is -2.44. The molecule has 83 heavy (non-hydrogen) atoms. The molecule has 0 radical (unpaired) electrons. The number of likely N-dealkylation sites (N-methyl/N-ethyl adjacent to an activating group) is 1. The first-order chi connectivity index (χ1) is 40.6. The minimum Gasteiger partial charge on any atom is -0.545 e. The SMILES string of the molecule is CC/C=C\C/C=C\C/C=C\C/C=C\CCCCCCCCCCCCCCCCCCC(=O)OCC(COC(OCC[N+](C)(C)C)C(=O)[O-])OC(=O)CCCCCCCCCCCCCCCCCC/C=C\C/C=C\C/C=C\C/C=C\CC. The predicted octanol–water partition coefficient (Wildman–Crippen LogP) is 19.9. The van der Waals surface area contributed by atoms with Crippen molar-refractivity contribution in [2.24, 2.45) is 0 Å². The number of ether oxygens (including phenoxy) is 4. The van der Waals surface area contributed by atoms with Crippen LogP contribution in [0.4, 0.5) is 0 Å². The van der Waals surface area contributed by atoms with E-state index in [1.165, 1.54) is 180 Å². The van der Waals surface area contributed by atoms with Crippen LogP contribution in [0.2, 0.25) is 0 Å². The number of allylic oxidation sites excluding steroid dienone is 16. The van der Waals surface area contributed by atoms with Crippen molar-refractivity contribution in [1.82, 2.24) is 0 Å². The van der Waals surface area contributed by atoms with Gasteiger partial charge in [-0.3, -0.25) is 9.59 Å². The Balaban J connectivity index is 4.11. The maximum atomic E-state index is 12.9. The zero-order chi connectivity index (χ0) is 60.5. The largest absolute Gasteiger partial charge is 0.545 e. The number of unbranched alkanes of at least 4 members (excludes halogenated alkanes) is 32. The van der Waals surface area contributed by atoms with E-state index < -0.39 is 24.3 Å². The van der Waals surface area contributed by atoms with E-state index in [1.807, 2.05) is 21.1 Å². The van der Waals surface area contributed by atoms with E-state index in [4.69, 9.17) is 18.9 Å². The smallest absolute Gasteiger partial charge is 0.306 e. The van der Waals surface area contributed by atoms with Crippen LogP contribution in [0, 0.1) is 0 Å².